The number of anilines is 2. The number of carbonyl (C=O) groups excluding carboxylic acids is 2. The molecule has 0 saturated heterocycles. The topological polar surface area (TPSA) is 115 Å². The summed E-state index contributed by atoms with van der Waals surface area (Å²) in [4.78, 5) is 35.3. The molecule has 3 N–H and O–H groups in total. The molecule has 2 amide bonds. The highest BCUT2D eigenvalue weighted by Gasteiger charge is 2.18. The Morgan fingerprint density at radius 2 is 2.03 bits per heavy atom. The number of hydrogen-bond acceptors (Lipinski definition) is 6. The fraction of sp³-hybridized carbons (Fsp3) is 0.300. The molecule has 2 aromatic heterocycles. The summed E-state index contributed by atoms with van der Waals surface area (Å²) in [5, 5.41) is 2.82. The number of ether oxygens (including phenoxy) is 1. The Kier molecular flexibility index (Phi) is 6.08. The molecule has 0 fully saturated rings. The van der Waals surface area contributed by atoms with Crippen molar-refractivity contribution in [1.29, 1.82) is 0 Å². The first-order valence-electron chi connectivity index (χ1n) is 9.14. The Bertz CT molecular complexity index is 1040. The van der Waals surface area contributed by atoms with Gasteiger partial charge in [0.15, 0.2) is 5.65 Å². The Hall–Kier alpha value is -3.46. The zero-order valence-electron chi connectivity index (χ0n) is 16.7. The molecule has 2 heterocycles. The summed E-state index contributed by atoms with van der Waals surface area (Å²) in [7, 11) is 4.98. The smallest absolute Gasteiger partial charge is 0.258 e. The summed E-state index contributed by atoms with van der Waals surface area (Å²) in [5.41, 5.74) is 8.24. The van der Waals surface area contributed by atoms with Crippen molar-refractivity contribution in [2.24, 2.45) is 0 Å². The molecule has 0 saturated carbocycles. The third-order valence-corrected chi connectivity index (χ3v) is 4.34. The highest BCUT2D eigenvalue weighted by molar-refractivity contribution is 6.04. The summed E-state index contributed by atoms with van der Waals surface area (Å²) in [6.07, 6.45) is 2.23. The molecular weight excluding hydrogens is 372 g/mol. The number of aromatic nitrogens is 3. The lowest BCUT2D eigenvalue weighted by atomic mass is 10.2. The number of hydrogen-bond donors (Lipinski definition) is 2. The van der Waals surface area contributed by atoms with Gasteiger partial charge in [-0.05, 0) is 30.7 Å². The van der Waals surface area contributed by atoms with Gasteiger partial charge in [-0.2, -0.15) is 0 Å². The number of carbonyl (C=O) groups is 2. The predicted octanol–water partition coefficient (Wildman–Crippen LogP) is 2.00. The van der Waals surface area contributed by atoms with E-state index in [-0.39, 0.29) is 11.8 Å². The highest BCUT2D eigenvalue weighted by Crippen LogP contribution is 2.21. The maximum Gasteiger partial charge on any atom is 0.258 e. The van der Waals surface area contributed by atoms with Crippen molar-refractivity contribution in [2.75, 3.05) is 38.9 Å². The molecule has 0 unspecified atom stereocenters. The van der Waals surface area contributed by atoms with Crippen LogP contribution in [-0.2, 0) is 11.3 Å². The average Bonchev–Trinajstić information content (AvgIpc) is 3.03. The van der Waals surface area contributed by atoms with Gasteiger partial charge in [-0.3, -0.25) is 19.5 Å². The van der Waals surface area contributed by atoms with E-state index in [9.17, 15) is 9.59 Å². The second-order valence-electron chi connectivity index (χ2n) is 6.78. The van der Waals surface area contributed by atoms with Crippen LogP contribution in [0.5, 0.6) is 0 Å². The lowest BCUT2D eigenvalue weighted by molar-refractivity contribution is 0.0827. The van der Waals surface area contributed by atoms with Crippen LogP contribution in [0.1, 0.15) is 27.1 Å². The Balaban J connectivity index is 1.97. The zero-order valence-corrected chi connectivity index (χ0v) is 16.7. The number of amides is 2. The summed E-state index contributed by atoms with van der Waals surface area (Å²) in [6, 6.07) is 8.37. The van der Waals surface area contributed by atoms with Crippen molar-refractivity contribution in [3.05, 3.63) is 47.7 Å². The van der Waals surface area contributed by atoms with Crippen molar-refractivity contribution < 1.29 is 14.3 Å². The molecular formula is C20H24N6O3. The SMILES string of the molecule is COCCCn1c(NC(=O)c2cccc(N)c2)nc2cc(C(=O)N(C)C)cnc21. The minimum atomic E-state index is -0.329. The minimum Gasteiger partial charge on any atom is -0.399 e. The molecule has 1 aromatic carbocycles. The number of imidazole rings is 1. The number of nitrogen functional groups attached to an aromatic ring is 1. The lowest BCUT2D eigenvalue weighted by Crippen LogP contribution is -2.21. The molecule has 29 heavy (non-hydrogen) atoms. The second kappa shape index (κ2) is 8.70. The summed E-state index contributed by atoms with van der Waals surface area (Å²) < 4.78 is 6.94. The lowest BCUT2D eigenvalue weighted by Gasteiger charge is -2.10. The van der Waals surface area contributed by atoms with Gasteiger partial charge in [-0.15, -0.1) is 0 Å². The van der Waals surface area contributed by atoms with Crippen LogP contribution in [0.15, 0.2) is 36.5 Å². The minimum absolute atomic E-state index is 0.168. The fourth-order valence-corrected chi connectivity index (χ4v) is 2.91. The van der Waals surface area contributed by atoms with Crippen LogP contribution in [0.25, 0.3) is 11.2 Å². The van der Waals surface area contributed by atoms with Crippen molar-refractivity contribution >= 4 is 34.6 Å². The monoisotopic (exact) mass is 396 g/mol. The molecule has 9 nitrogen and oxygen atoms in total. The molecule has 0 atom stereocenters. The number of fused-ring (bicyclic) bond motifs is 1. The van der Waals surface area contributed by atoms with Gasteiger partial charge in [0.25, 0.3) is 11.8 Å². The molecule has 9 heteroatoms. The van der Waals surface area contributed by atoms with Crippen LogP contribution in [0.3, 0.4) is 0 Å². The standard InChI is InChI=1S/C20H24N6O3/c1-25(2)19(28)14-11-16-17(22-12-14)26(8-5-9-29-3)20(23-16)24-18(27)13-6-4-7-15(21)10-13/h4,6-7,10-12H,5,8-9,21H2,1-3H3,(H,23,24,27). The van der Waals surface area contributed by atoms with Gasteiger partial charge in [0.05, 0.1) is 5.56 Å². The second-order valence-corrected chi connectivity index (χ2v) is 6.78. The number of nitrogens with one attached hydrogen (secondary N) is 1. The third kappa shape index (κ3) is 4.52. The molecule has 3 rings (SSSR count). The van der Waals surface area contributed by atoms with Crippen LogP contribution in [0.2, 0.25) is 0 Å². The maximum atomic E-state index is 12.7. The quantitative estimate of drug-likeness (QED) is 0.466. The van der Waals surface area contributed by atoms with Crippen molar-refractivity contribution in [2.45, 2.75) is 13.0 Å². The molecule has 3 aromatic rings. The Morgan fingerprint density at radius 1 is 1.24 bits per heavy atom. The molecule has 0 radical (unpaired) electrons. The molecule has 0 aliphatic heterocycles. The summed E-state index contributed by atoms with van der Waals surface area (Å²) in [5.74, 6) is -0.144. The fourth-order valence-electron chi connectivity index (χ4n) is 2.91. The van der Waals surface area contributed by atoms with Crippen LogP contribution in [0, 0.1) is 0 Å². The highest BCUT2D eigenvalue weighted by atomic mass is 16.5. The molecule has 0 aliphatic carbocycles. The van der Waals surface area contributed by atoms with Gasteiger partial charge in [-0.1, -0.05) is 6.07 Å². The number of nitrogens with two attached hydrogens (primary N) is 1. The predicted molar refractivity (Wildman–Crippen MR) is 111 cm³/mol. The number of aryl methyl sites for hydroxylation is 1. The van der Waals surface area contributed by atoms with Gasteiger partial charge in [0, 0.05) is 51.8 Å². The van der Waals surface area contributed by atoms with Gasteiger partial charge < -0.3 is 15.4 Å². The maximum absolute atomic E-state index is 12.7. The first kappa shape index (κ1) is 20.3. The van der Waals surface area contributed by atoms with Crippen molar-refractivity contribution in [3.63, 3.8) is 0 Å². The number of rotatable bonds is 7. The van der Waals surface area contributed by atoms with E-state index in [4.69, 9.17) is 10.5 Å². The van der Waals surface area contributed by atoms with Crippen molar-refractivity contribution in [3.8, 4) is 0 Å². The van der Waals surface area contributed by atoms with Crippen LogP contribution < -0.4 is 11.1 Å². The molecule has 152 valence electrons. The van der Waals surface area contributed by atoms with Gasteiger partial charge >= 0.3 is 0 Å². The third-order valence-electron chi connectivity index (χ3n) is 4.34. The largest absolute Gasteiger partial charge is 0.399 e. The number of pyridine rings is 1. The number of benzene rings is 1. The Labute approximate surface area is 168 Å². The first-order chi connectivity index (χ1) is 13.9. The van der Waals surface area contributed by atoms with Gasteiger partial charge in [0.1, 0.15) is 5.52 Å². The van der Waals surface area contributed by atoms with Crippen LogP contribution in [0.4, 0.5) is 11.6 Å². The van der Waals surface area contributed by atoms with E-state index >= 15 is 0 Å². The molecule has 0 spiro atoms. The van der Waals surface area contributed by atoms with Crippen molar-refractivity contribution in [1.82, 2.24) is 19.4 Å². The van der Waals surface area contributed by atoms with Crippen LogP contribution in [-0.4, -0.2) is 59.1 Å². The average molecular weight is 396 g/mol. The van der Waals surface area contributed by atoms with E-state index in [1.54, 1.807) is 51.5 Å². The van der Waals surface area contributed by atoms with Crippen LogP contribution >= 0.6 is 0 Å². The van der Waals surface area contributed by atoms with Gasteiger partial charge in [-0.25, -0.2) is 9.97 Å². The molecule has 0 bridgehead atoms. The summed E-state index contributed by atoms with van der Waals surface area (Å²) >= 11 is 0. The van der Waals surface area contributed by atoms with E-state index in [1.807, 2.05) is 4.57 Å². The van der Waals surface area contributed by atoms with E-state index in [2.05, 4.69) is 15.3 Å². The van der Waals surface area contributed by atoms with E-state index in [1.165, 1.54) is 11.1 Å². The van der Waals surface area contributed by atoms with E-state index in [0.717, 1.165) is 0 Å². The Morgan fingerprint density at radius 3 is 2.72 bits per heavy atom. The van der Waals surface area contributed by atoms with Gasteiger partial charge in [0.2, 0.25) is 5.95 Å². The normalized spacial score (nSPS) is 10.9. The first-order valence-corrected chi connectivity index (χ1v) is 9.14. The number of nitrogens with zero attached hydrogens (tertiary/aromatic N) is 4. The molecule has 0 aliphatic rings. The zero-order chi connectivity index (χ0) is 21.0. The van der Waals surface area contributed by atoms with E-state index < -0.39 is 0 Å². The number of methoxy groups -OCH3 is 1. The van der Waals surface area contributed by atoms with E-state index in [0.29, 0.717) is 53.5 Å². The summed E-state index contributed by atoms with van der Waals surface area (Å²) in [6.45, 7) is 1.10.